The van der Waals surface area contributed by atoms with E-state index in [-0.39, 0.29) is 24.2 Å². The first-order chi connectivity index (χ1) is 14.9. The van der Waals surface area contributed by atoms with Crippen molar-refractivity contribution in [3.05, 3.63) is 64.6 Å². The third kappa shape index (κ3) is 4.52. The van der Waals surface area contributed by atoms with Gasteiger partial charge in [-0.25, -0.2) is 13.8 Å². The second-order valence-electron chi connectivity index (χ2n) is 7.52. The minimum Gasteiger partial charge on any atom is -0.485 e. The van der Waals surface area contributed by atoms with E-state index in [0.29, 0.717) is 42.5 Å². The molecule has 2 aromatic heterocycles. The molecule has 3 aromatic rings. The number of morpholine rings is 1. The van der Waals surface area contributed by atoms with Crippen LogP contribution in [0.5, 0.6) is 5.75 Å². The number of amides is 1. The van der Waals surface area contributed by atoms with E-state index in [4.69, 9.17) is 9.47 Å². The summed E-state index contributed by atoms with van der Waals surface area (Å²) in [5.41, 5.74) is 1.95. The number of fused-ring (bicyclic) bond motifs is 1. The molecule has 0 bridgehead atoms. The lowest BCUT2D eigenvalue weighted by atomic mass is 10.2. The van der Waals surface area contributed by atoms with Gasteiger partial charge < -0.3 is 20.1 Å². The second-order valence-corrected chi connectivity index (χ2v) is 7.52. The van der Waals surface area contributed by atoms with Crippen LogP contribution in [0, 0.1) is 25.5 Å². The molecule has 31 heavy (non-hydrogen) atoms. The number of aryl methyl sites for hydroxylation is 2. The molecule has 0 radical (unpaired) electrons. The Labute approximate surface area is 178 Å². The number of carbonyl (C=O) groups excluding carboxylic acids is 1. The molecule has 7 nitrogen and oxygen atoms in total. The number of aromatic nitrogens is 2. The SMILES string of the molecule is Cc1cc(OCc2c(F)cccc2F)c2nc(C)c(C(=O)NCC3CNCCO3)n2c1. The quantitative estimate of drug-likeness (QED) is 0.629. The number of nitrogens with one attached hydrogen (secondary N) is 2. The monoisotopic (exact) mass is 430 g/mol. The molecule has 0 saturated carbocycles. The molecule has 1 aliphatic rings. The van der Waals surface area contributed by atoms with Crippen LogP contribution in [0.4, 0.5) is 8.78 Å². The molecule has 4 rings (SSSR count). The number of nitrogens with zero attached hydrogens (tertiary/aromatic N) is 2. The van der Waals surface area contributed by atoms with Gasteiger partial charge in [-0.15, -0.1) is 0 Å². The number of hydrogen-bond acceptors (Lipinski definition) is 5. The van der Waals surface area contributed by atoms with Gasteiger partial charge in [0.15, 0.2) is 11.4 Å². The van der Waals surface area contributed by atoms with Crippen molar-refractivity contribution >= 4 is 11.6 Å². The highest BCUT2D eigenvalue weighted by molar-refractivity contribution is 5.95. The Morgan fingerprint density at radius 3 is 2.84 bits per heavy atom. The van der Waals surface area contributed by atoms with Crippen molar-refractivity contribution in [2.45, 2.75) is 26.6 Å². The van der Waals surface area contributed by atoms with E-state index in [0.717, 1.165) is 12.1 Å². The van der Waals surface area contributed by atoms with Crippen LogP contribution in [0.2, 0.25) is 0 Å². The Morgan fingerprint density at radius 2 is 2.13 bits per heavy atom. The summed E-state index contributed by atoms with van der Waals surface area (Å²) in [7, 11) is 0. The van der Waals surface area contributed by atoms with Gasteiger partial charge in [0.25, 0.3) is 5.91 Å². The molecule has 1 saturated heterocycles. The first-order valence-corrected chi connectivity index (χ1v) is 10.1. The maximum absolute atomic E-state index is 14.0. The van der Waals surface area contributed by atoms with Gasteiger partial charge in [-0.3, -0.25) is 9.20 Å². The Kier molecular flexibility index (Phi) is 6.15. The molecule has 1 aliphatic heterocycles. The summed E-state index contributed by atoms with van der Waals surface area (Å²) in [6.07, 6.45) is 1.69. The Morgan fingerprint density at radius 1 is 1.35 bits per heavy atom. The predicted octanol–water partition coefficient (Wildman–Crippen LogP) is 2.53. The molecule has 164 valence electrons. The van der Waals surface area contributed by atoms with Crippen molar-refractivity contribution in [1.29, 1.82) is 0 Å². The van der Waals surface area contributed by atoms with E-state index < -0.39 is 11.6 Å². The average Bonchev–Trinajstić information content (AvgIpc) is 3.08. The number of benzene rings is 1. The van der Waals surface area contributed by atoms with Crippen molar-refractivity contribution in [2.24, 2.45) is 0 Å². The van der Waals surface area contributed by atoms with Crippen LogP contribution in [-0.4, -0.2) is 47.6 Å². The second kappa shape index (κ2) is 8.99. The van der Waals surface area contributed by atoms with Crippen LogP contribution in [0.1, 0.15) is 27.3 Å². The van der Waals surface area contributed by atoms with Crippen molar-refractivity contribution in [3.63, 3.8) is 0 Å². The molecule has 1 amide bonds. The lowest BCUT2D eigenvalue weighted by molar-refractivity contribution is 0.0286. The lowest BCUT2D eigenvalue weighted by Crippen LogP contribution is -2.45. The van der Waals surface area contributed by atoms with Crippen LogP contribution in [0.25, 0.3) is 5.65 Å². The zero-order chi connectivity index (χ0) is 22.0. The predicted molar refractivity (Wildman–Crippen MR) is 110 cm³/mol. The van der Waals surface area contributed by atoms with E-state index in [1.807, 2.05) is 6.92 Å². The summed E-state index contributed by atoms with van der Waals surface area (Å²) < 4.78 is 40.9. The topological polar surface area (TPSA) is 76.9 Å². The van der Waals surface area contributed by atoms with Crippen molar-refractivity contribution < 1.29 is 23.0 Å². The number of rotatable bonds is 6. The number of ether oxygens (including phenoxy) is 2. The van der Waals surface area contributed by atoms with Gasteiger partial charge in [0.1, 0.15) is 23.9 Å². The lowest BCUT2D eigenvalue weighted by Gasteiger charge is -2.23. The Hall–Kier alpha value is -3.04. The smallest absolute Gasteiger partial charge is 0.270 e. The van der Waals surface area contributed by atoms with Gasteiger partial charge in [0.05, 0.1) is 24.0 Å². The molecule has 1 unspecified atom stereocenters. The maximum Gasteiger partial charge on any atom is 0.270 e. The highest BCUT2D eigenvalue weighted by atomic mass is 19.1. The molecule has 3 heterocycles. The molecule has 2 N–H and O–H groups in total. The largest absolute Gasteiger partial charge is 0.485 e. The summed E-state index contributed by atoms with van der Waals surface area (Å²) >= 11 is 0. The molecule has 1 atom stereocenters. The van der Waals surface area contributed by atoms with Gasteiger partial charge in [-0.1, -0.05) is 6.07 Å². The highest BCUT2D eigenvalue weighted by Gasteiger charge is 2.22. The number of halogens is 2. The average molecular weight is 430 g/mol. The van der Waals surface area contributed by atoms with E-state index in [9.17, 15) is 13.6 Å². The molecule has 0 spiro atoms. The first-order valence-electron chi connectivity index (χ1n) is 10.1. The van der Waals surface area contributed by atoms with E-state index in [1.165, 1.54) is 18.2 Å². The maximum atomic E-state index is 14.0. The third-order valence-electron chi connectivity index (χ3n) is 5.14. The number of pyridine rings is 1. The zero-order valence-corrected chi connectivity index (χ0v) is 17.4. The standard InChI is InChI=1S/C22H24F2N4O3/c1-13-8-19(31-12-16-17(23)4-3-5-18(16)24)21-27-14(2)20(28(21)11-13)22(29)26-10-15-9-25-6-7-30-15/h3-5,8,11,15,25H,6-7,9-10,12H2,1-2H3,(H,26,29). The fraction of sp³-hybridized carbons (Fsp3) is 0.364. The van der Waals surface area contributed by atoms with Gasteiger partial charge in [0, 0.05) is 25.8 Å². The zero-order valence-electron chi connectivity index (χ0n) is 17.4. The van der Waals surface area contributed by atoms with E-state index >= 15 is 0 Å². The molecule has 1 aromatic carbocycles. The minimum absolute atomic E-state index is 0.0894. The van der Waals surface area contributed by atoms with E-state index in [1.54, 1.807) is 23.6 Å². The summed E-state index contributed by atoms with van der Waals surface area (Å²) in [6.45, 7) is 5.74. The van der Waals surface area contributed by atoms with Crippen LogP contribution in [0.3, 0.4) is 0 Å². The molecule has 0 aliphatic carbocycles. The van der Waals surface area contributed by atoms with Crippen LogP contribution < -0.4 is 15.4 Å². The van der Waals surface area contributed by atoms with Crippen molar-refractivity contribution in [1.82, 2.24) is 20.0 Å². The Bertz CT molecular complexity index is 1090. The fourth-order valence-electron chi connectivity index (χ4n) is 3.60. The van der Waals surface area contributed by atoms with Gasteiger partial charge in [0.2, 0.25) is 0 Å². The van der Waals surface area contributed by atoms with Gasteiger partial charge in [-0.2, -0.15) is 0 Å². The molecular formula is C22H24F2N4O3. The number of imidazole rings is 1. The van der Waals surface area contributed by atoms with Gasteiger partial charge in [-0.05, 0) is 37.6 Å². The normalized spacial score (nSPS) is 16.5. The van der Waals surface area contributed by atoms with Crippen LogP contribution in [-0.2, 0) is 11.3 Å². The molecular weight excluding hydrogens is 406 g/mol. The first kappa shape index (κ1) is 21.2. The van der Waals surface area contributed by atoms with Crippen molar-refractivity contribution in [2.75, 3.05) is 26.2 Å². The van der Waals surface area contributed by atoms with Gasteiger partial charge >= 0.3 is 0 Å². The number of hydrogen-bond donors (Lipinski definition) is 2. The summed E-state index contributed by atoms with van der Waals surface area (Å²) in [5.74, 6) is -1.30. The fourth-order valence-corrected chi connectivity index (χ4v) is 3.60. The van der Waals surface area contributed by atoms with Crippen LogP contribution >= 0.6 is 0 Å². The molecule has 9 heteroatoms. The minimum atomic E-state index is -0.678. The Balaban J connectivity index is 1.58. The highest BCUT2D eigenvalue weighted by Crippen LogP contribution is 2.26. The van der Waals surface area contributed by atoms with Crippen LogP contribution in [0.15, 0.2) is 30.5 Å². The number of carbonyl (C=O) groups is 1. The summed E-state index contributed by atoms with van der Waals surface area (Å²) in [4.78, 5) is 17.4. The summed E-state index contributed by atoms with van der Waals surface area (Å²) in [5, 5.41) is 6.12. The summed E-state index contributed by atoms with van der Waals surface area (Å²) in [6, 6.07) is 5.39. The third-order valence-corrected chi connectivity index (χ3v) is 5.14. The molecule has 1 fully saturated rings. The van der Waals surface area contributed by atoms with Crippen molar-refractivity contribution in [3.8, 4) is 5.75 Å². The van der Waals surface area contributed by atoms with E-state index in [2.05, 4.69) is 15.6 Å².